The maximum atomic E-state index is 12.5. The number of aliphatic hydroxyl groups is 1. The van der Waals surface area contributed by atoms with Gasteiger partial charge < -0.3 is 5.11 Å². The van der Waals surface area contributed by atoms with E-state index in [1.165, 1.54) is 0 Å². The molecule has 0 aliphatic carbocycles. The number of benzene rings is 1. The van der Waals surface area contributed by atoms with Crippen molar-refractivity contribution in [2.24, 2.45) is 0 Å². The highest BCUT2D eigenvalue weighted by molar-refractivity contribution is 5.47. The van der Waals surface area contributed by atoms with E-state index in [-0.39, 0.29) is 18.6 Å². The second-order valence-electron chi connectivity index (χ2n) is 3.30. The Morgan fingerprint density at radius 1 is 1.33 bits per heavy atom. The monoisotopic (exact) mass is 259 g/mol. The molecule has 0 bridgehead atoms. The minimum Gasteiger partial charge on any atom is -0.395 e. The summed E-state index contributed by atoms with van der Waals surface area (Å²) in [6.45, 7) is -0.228. The van der Waals surface area contributed by atoms with Crippen LogP contribution in [0.4, 0.5) is 18.9 Å². The van der Waals surface area contributed by atoms with E-state index in [1.807, 2.05) is 0 Å². The van der Waals surface area contributed by atoms with Gasteiger partial charge in [-0.3, -0.25) is 10.1 Å². The van der Waals surface area contributed by atoms with Gasteiger partial charge in [-0.2, -0.15) is 13.2 Å². The lowest BCUT2D eigenvalue weighted by Gasteiger charge is -2.06. The third kappa shape index (κ3) is 3.75. The van der Waals surface area contributed by atoms with Crippen LogP contribution in [0.1, 0.15) is 17.5 Å². The van der Waals surface area contributed by atoms with Crippen molar-refractivity contribution in [2.75, 3.05) is 6.61 Å². The highest BCUT2D eigenvalue weighted by Crippen LogP contribution is 2.32. The third-order valence-electron chi connectivity index (χ3n) is 1.93. The van der Waals surface area contributed by atoms with Gasteiger partial charge >= 0.3 is 6.18 Å². The van der Waals surface area contributed by atoms with Crippen LogP contribution in [0.25, 0.3) is 0 Å². The zero-order valence-electron chi connectivity index (χ0n) is 8.99. The van der Waals surface area contributed by atoms with Crippen LogP contribution in [-0.4, -0.2) is 16.6 Å². The molecule has 0 saturated heterocycles. The summed E-state index contributed by atoms with van der Waals surface area (Å²) >= 11 is 0. The van der Waals surface area contributed by atoms with Crippen LogP contribution in [0.3, 0.4) is 0 Å². The summed E-state index contributed by atoms with van der Waals surface area (Å²) in [4.78, 5) is 9.60. The second-order valence-corrected chi connectivity index (χ2v) is 3.30. The number of halogens is 3. The Morgan fingerprint density at radius 2 is 2.00 bits per heavy atom. The maximum absolute atomic E-state index is 12.5. The molecule has 0 heterocycles. The van der Waals surface area contributed by atoms with Crippen LogP contribution in [0.15, 0.2) is 18.2 Å². The van der Waals surface area contributed by atoms with Crippen LogP contribution < -0.4 is 0 Å². The predicted octanol–water partition coefficient (Wildman–Crippen LogP) is 2.35. The molecule has 0 atom stereocenters. The number of hydrogen-bond donors (Lipinski definition) is 1. The van der Waals surface area contributed by atoms with Crippen molar-refractivity contribution in [3.8, 4) is 11.8 Å². The van der Waals surface area contributed by atoms with Crippen LogP contribution in [0.5, 0.6) is 0 Å². The normalized spacial score (nSPS) is 10.7. The number of nitrogens with zero attached hydrogens (tertiary/aromatic N) is 1. The molecule has 1 aromatic carbocycles. The summed E-state index contributed by atoms with van der Waals surface area (Å²) < 4.78 is 37.5. The van der Waals surface area contributed by atoms with E-state index in [4.69, 9.17) is 5.11 Å². The van der Waals surface area contributed by atoms with Crippen LogP contribution in [0, 0.1) is 22.0 Å². The SMILES string of the molecule is O=[N+]([O-])c1cc(C#CCCO)cc(C(F)(F)F)c1. The van der Waals surface area contributed by atoms with E-state index >= 15 is 0 Å². The van der Waals surface area contributed by atoms with E-state index in [2.05, 4.69) is 11.8 Å². The molecule has 0 aliphatic heterocycles. The average molecular weight is 259 g/mol. The molecule has 96 valence electrons. The number of nitro groups is 1. The molecule has 1 rings (SSSR count). The first-order chi connectivity index (χ1) is 8.34. The first-order valence-corrected chi connectivity index (χ1v) is 4.81. The zero-order chi connectivity index (χ0) is 13.8. The van der Waals surface area contributed by atoms with Gasteiger partial charge in [-0.15, -0.1) is 0 Å². The molecule has 0 spiro atoms. The quantitative estimate of drug-likeness (QED) is 0.503. The van der Waals surface area contributed by atoms with Crippen molar-refractivity contribution < 1.29 is 23.2 Å². The molecule has 0 radical (unpaired) electrons. The van der Waals surface area contributed by atoms with Gasteiger partial charge in [-0.25, -0.2) is 0 Å². The third-order valence-corrected chi connectivity index (χ3v) is 1.93. The fraction of sp³-hybridized carbons (Fsp3) is 0.273. The Labute approximate surface area is 100 Å². The highest BCUT2D eigenvalue weighted by Gasteiger charge is 2.32. The second kappa shape index (κ2) is 5.51. The van der Waals surface area contributed by atoms with Gasteiger partial charge in [-0.1, -0.05) is 11.8 Å². The zero-order valence-corrected chi connectivity index (χ0v) is 8.99. The average Bonchev–Trinajstić information content (AvgIpc) is 2.28. The first-order valence-electron chi connectivity index (χ1n) is 4.81. The molecule has 0 aromatic heterocycles. The molecule has 18 heavy (non-hydrogen) atoms. The van der Waals surface area contributed by atoms with Gasteiger partial charge in [0.1, 0.15) is 0 Å². The van der Waals surface area contributed by atoms with Crippen molar-refractivity contribution in [1.29, 1.82) is 0 Å². The first kappa shape index (κ1) is 14.0. The molecule has 0 fully saturated rings. The van der Waals surface area contributed by atoms with Gasteiger partial charge in [0.2, 0.25) is 0 Å². The molecular formula is C11H8F3NO3. The Morgan fingerprint density at radius 3 is 2.50 bits per heavy atom. The van der Waals surface area contributed by atoms with E-state index < -0.39 is 22.4 Å². The molecule has 0 saturated carbocycles. The number of rotatable bonds is 2. The van der Waals surface area contributed by atoms with Crippen molar-refractivity contribution in [3.63, 3.8) is 0 Å². The number of aliphatic hydroxyl groups excluding tert-OH is 1. The fourth-order valence-electron chi connectivity index (χ4n) is 1.17. The van der Waals surface area contributed by atoms with Crippen LogP contribution >= 0.6 is 0 Å². The largest absolute Gasteiger partial charge is 0.416 e. The van der Waals surface area contributed by atoms with E-state index in [1.54, 1.807) is 0 Å². The van der Waals surface area contributed by atoms with Gasteiger partial charge in [0.05, 0.1) is 17.1 Å². The van der Waals surface area contributed by atoms with Crippen molar-refractivity contribution >= 4 is 5.69 Å². The molecule has 0 amide bonds. The van der Waals surface area contributed by atoms with Crippen LogP contribution in [-0.2, 0) is 6.18 Å². The van der Waals surface area contributed by atoms with E-state index in [0.29, 0.717) is 6.07 Å². The Bertz CT molecular complexity index is 514. The minimum absolute atomic E-state index is 0.0873. The number of nitro benzene ring substituents is 1. The Hall–Kier alpha value is -2.07. The van der Waals surface area contributed by atoms with Crippen LogP contribution in [0.2, 0.25) is 0 Å². The smallest absolute Gasteiger partial charge is 0.395 e. The van der Waals surface area contributed by atoms with Crippen molar-refractivity contribution in [1.82, 2.24) is 0 Å². The van der Waals surface area contributed by atoms with Gasteiger partial charge in [0, 0.05) is 24.1 Å². The summed E-state index contributed by atoms with van der Waals surface area (Å²) in [6, 6.07) is 2.15. The van der Waals surface area contributed by atoms with Gasteiger partial charge in [-0.05, 0) is 6.07 Å². The van der Waals surface area contributed by atoms with Gasteiger partial charge in [0.25, 0.3) is 5.69 Å². The molecule has 1 N–H and O–H groups in total. The summed E-state index contributed by atoms with van der Waals surface area (Å²) in [7, 11) is 0. The number of hydrogen-bond acceptors (Lipinski definition) is 3. The topological polar surface area (TPSA) is 63.4 Å². The van der Waals surface area contributed by atoms with Crippen molar-refractivity contribution in [3.05, 3.63) is 39.4 Å². The fourth-order valence-corrected chi connectivity index (χ4v) is 1.17. The standard InChI is InChI=1S/C11H8F3NO3/c12-11(13,14)9-5-8(3-1-2-4-16)6-10(7-9)15(17)18/h5-7,16H,2,4H2. The highest BCUT2D eigenvalue weighted by atomic mass is 19.4. The lowest BCUT2D eigenvalue weighted by atomic mass is 10.1. The summed E-state index contributed by atoms with van der Waals surface area (Å²) in [5.41, 5.74) is -1.90. The molecular weight excluding hydrogens is 251 g/mol. The predicted molar refractivity (Wildman–Crippen MR) is 56.7 cm³/mol. The summed E-state index contributed by atoms with van der Waals surface area (Å²) in [5.74, 6) is 4.75. The summed E-state index contributed by atoms with van der Waals surface area (Å²) in [6.07, 6.45) is -4.58. The number of non-ortho nitro benzene ring substituents is 1. The van der Waals surface area contributed by atoms with E-state index in [0.717, 1.165) is 12.1 Å². The maximum Gasteiger partial charge on any atom is 0.416 e. The Balaban J connectivity index is 3.24. The Kier molecular flexibility index (Phi) is 4.28. The summed E-state index contributed by atoms with van der Waals surface area (Å²) in [5, 5.41) is 19.0. The van der Waals surface area contributed by atoms with E-state index in [9.17, 15) is 23.3 Å². The van der Waals surface area contributed by atoms with Gasteiger partial charge in [0.15, 0.2) is 0 Å². The van der Waals surface area contributed by atoms with Crippen molar-refractivity contribution in [2.45, 2.75) is 12.6 Å². The molecule has 4 nitrogen and oxygen atoms in total. The molecule has 0 unspecified atom stereocenters. The minimum atomic E-state index is -4.67. The molecule has 1 aromatic rings. The molecule has 7 heteroatoms. The lowest BCUT2D eigenvalue weighted by molar-refractivity contribution is -0.385. The lowest BCUT2D eigenvalue weighted by Crippen LogP contribution is -2.06. The number of alkyl halides is 3. The molecule has 0 aliphatic rings.